The fraction of sp³-hybridized carbons (Fsp3) is 0.357. The van der Waals surface area contributed by atoms with Crippen LogP contribution >= 0.6 is 0 Å². The van der Waals surface area contributed by atoms with Crippen LogP contribution in [0, 0.1) is 0 Å². The number of methoxy groups -OCH3 is 1. The Labute approximate surface area is 105 Å². The van der Waals surface area contributed by atoms with Gasteiger partial charge < -0.3 is 14.5 Å². The zero-order chi connectivity index (χ0) is 12.5. The smallest absolute Gasteiger partial charge is 0.354 e. The number of carbonyl (C=O) groups excluding carboxylic acids is 1. The fourth-order valence-corrected chi connectivity index (χ4v) is 2.09. The predicted octanol–water partition coefficient (Wildman–Crippen LogP) is 2.89. The summed E-state index contributed by atoms with van der Waals surface area (Å²) in [5, 5.41) is 0.965. The summed E-state index contributed by atoms with van der Waals surface area (Å²) in [7, 11) is 1.37. The first-order valence-corrected chi connectivity index (χ1v) is 6.14. The molecule has 4 heteroatoms. The zero-order valence-corrected chi connectivity index (χ0v) is 10.2. The number of esters is 1. The maximum atomic E-state index is 11.4. The molecule has 18 heavy (non-hydrogen) atoms. The predicted molar refractivity (Wildman–Crippen MR) is 67.9 cm³/mol. The van der Waals surface area contributed by atoms with Gasteiger partial charge in [-0.15, -0.1) is 0 Å². The van der Waals surface area contributed by atoms with E-state index in [1.54, 1.807) is 6.07 Å². The van der Waals surface area contributed by atoms with Gasteiger partial charge in [0, 0.05) is 10.9 Å². The maximum absolute atomic E-state index is 11.4. The summed E-state index contributed by atoms with van der Waals surface area (Å²) in [4.78, 5) is 14.4. The number of hydrogen-bond donors (Lipinski definition) is 1. The SMILES string of the molecule is COC(=O)c1cc2cc(OC3CCC3)ccc2[nH]1. The summed E-state index contributed by atoms with van der Waals surface area (Å²) in [6.07, 6.45) is 3.89. The number of nitrogens with one attached hydrogen (secondary N) is 1. The van der Waals surface area contributed by atoms with Gasteiger partial charge in [0.05, 0.1) is 13.2 Å². The molecule has 0 spiro atoms. The topological polar surface area (TPSA) is 51.3 Å². The van der Waals surface area contributed by atoms with Crippen LogP contribution < -0.4 is 4.74 Å². The highest BCUT2D eigenvalue weighted by Gasteiger charge is 2.19. The van der Waals surface area contributed by atoms with E-state index in [1.807, 2.05) is 18.2 Å². The lowest BCUT2D eigenvalue weighted by Crippen LogP contribution is -2.24. The minimum Gasteiger partial charge on any atom is -0.490 e. The third-order valence-corrected chi connectivity index (χ3v) is 3.35. The second kappa shape index (κ2) is 4.37. The molecule has 1 aliphatic carbocycles. The second-order valence-electron chi connectivity index (χ2n) is 4.59. The molecule has 0 aliphatic heterocycles. The molecule has 1 aromatic heterocycles. The van der Waals surface area contributed by atoms with Gasteiger partial charge in [-0.25, -0.2) is 4.79 Å². The quantitative estimate of drug-likeness (QED) is 0.846. The van der Waals surface area contributed by atoms with E-state index in [1.165, 1.54) is 13.5 Å². The lowest BCUT2D eigenvalue weighted by molar-refractivity contribution is 0.0595. The highest BCUT2D eigenvalue weighted by molar-refractivity contribution is 5.95. The van der Waals surface area contributed by atoms with Gasteiger partial charge in [-0.05, 0) is 43.5 Å². The van der Waals surface area contributed by atoms with Crippen LogP contribution in [-0.2, 0) is 4.74 Å². The fourth-order valence-electron chi connectivity index (χ4n) is 2.09. The monoisotopic (exact) mass is 245 g/mol. The van der Waals surface area contributed by atoms with E-state index >= 15 is 0 Å². The van der Waals surface area contributed by atoms with Crippen molar-refractivity contribution in [2.24, 2.45) is 0 Å². The number of carbonyl (C=O) groups is 1. The van der Waals surface area contributed by atoms with Crippen molar-refractivity contribution < 1.29 is 14.3 Å². The van der Waals surface area contributed by atoms with Crippen molar-refractivity contribution in [3.63, 3.8) is 0 Å². The Balaban J connectivity index is 1.88. The Morgan fingerprint density at radius 2 is 2.17 bits per heavy atom. The van der Waals surface area contributed by atoms with E-state index in [0.717, 1.165) is 29.5 Å². The molecule has 1 aromatic carbocycles. The summed E-state index contributed by atoms with van der Waals surface area (Å²) in [5.74, 6) is 0.510. The van der Waals surface area contributed by atoms with Gasteiger partial charge in [0.15, 0.2) is 0 Å². The van der Waals surface area contributed by atoms with Gasteiger partial charge in [-0.3, -0.25) is 0 Å². The van der Waals surface area contributed by atoms with Gasteiger partial charge in [-0.2, -0.15) is 0 Å². The Morgan fingerprint density at radius 3 is 2.83 bits per heavy atom. The lowest BCUT2D eigenvalue weighted by atomic mass is 9.96. The van der Waals surface area contributed by atoms with Crippen molar-refractivity contribution in [2.75, 3.05) is 7.11 Å². The number of fused-ring (bicyclic) bond motifs is 1. The molecule has 0 amide bonds. The molecule has 0 unspecified atom stereocenters. The Hall–Kier alpha value is -1.97. The number of hydrogen-bond acceptors (Lipinski definition) is 3. The molecule has 1 fully saturated rings. The molecule has 94 valence electrons. The van der Waals surface area contributed by atoms with E-state index in [-0.39, 0.29) is 5.97 Å². The molecule has 1 aliphatic rings. The molecule has 0 saturated heterocycles. The highest BCUT2D eigenvalue weighted by atomic mass is 16.5. The first-order chi connectivity index (χ1) is 8.76. The summed E-state index contributed by atoms with van der Waals surface area (Å²) in [6.45, 7) is 0. The van der Waals surface area contributed by atoms with E-state index in [9.17, 15) is 4.79 Å². The van der Waals surface area contributed by atoms with Gasteiger partial charge in [0.25, 0.3) is 0 Å². The molecule has 2 aromatic rings. The third-order valence-electron chi connectivity index (χ3n) is 3.35. The summed E-state index contributed by atoms with van der Waals surface area (Å²) in [5.41, 5.74) is 1.38. The molecular formula is C14H15NO3. The van der Waals surface area contributed by atoms with Crippen molar-refractivity contribution in [2.45, 2.75) is 25.4 Å². The van der Waals surface area contributed by atoms with Crippen LogP contribution in [0.1, 0.15) is 29.8 Å². The van der Waals surface area contributed by atoms with E-state index in [2.05, 4.69) is 9.72 Å². The van der Waals surface area contributed by atoms with E-state index in [4.69, 9.17) is 4.74 Å². The minimum atomic E-state index is -0.354. The molecule has 1 N–H and O–H groups in total. The number of aromatic nitrogens is 1. The first-order valence-electron chi connectivity index (χ1n) is 6.14. The van der Waals surface area contributed by atoms with Crippen molar-refractivity contribution in [3.8, 4) is 5.75 Å². The summed E-state index contributed by atoms with van der Waals surface area (Å²) in [6, 6.07) is 7.60. The van der Waals surface area contributed by atoms with Gasteiger partial charge in [0.2, 0.25) is 0 Å². The van der Waals surface area contributed by atoms with Crippen LogP contribution in [-0.4, -0.2) is 24.2 Å². The normalized spacial score (nSPS) is 15.4. The number of H-pyrrole nitrogens is 1. The van der Waals surface area contributed by atoms with Crippen molar-refractivity contribution in [3.05, 3.63) is 30.0 Å². The van der Waals surface area contributed by atoms with Gasteiger partial charge in [-0.1, -0.05) is 0 Å². The number of rotatable bonds is 3. The Kier molecular flexibility index (Phi) is 2.70. The lowest BCUT2D eigenvalue weighted by Gasteiger charge is -2.26. The standard InChI is InChI=1S/C14H15NO3/c1-17-14(16)13-8-9-7-11(5-6-12(9)15-13)18-10-3-2-4-10/h5-8,10,15H,2-4H2,1H3. The molecule has 3 rings (SSSR count). The van der Waals surface area contributed by atoms with Crippen LogP contribution in [0.25, 0.3) is 10.9 Å². The average molecular weight is 245 g/mol. The summed E-state index contributed by atoms with van der Waals surface area (Å²) >= 11 is 0. The molecule has 0 bridgehead atoms. The van der Waals surface area contributed by atoms with Crippen LogP contribution in [0.3, 0.4) is 0 Å². The third kappa shape index (κ3) is 1.94. The molecule has 0 atom stereocenters. The van der Waals surface area contributed by atoms with Crippen LogP contribution in [0.4, 0.5) is 0 Å². The molecule has 4 nitrogen and oxygen atoms in total. The van der Waals surface area contributed by atoms with Gasteiger partial charge >= 0.3 is 5.97 Å². The zero-order valence-electron chi connectivity index (χ0n) is 10.2. The number of ether oxygens (including phenoxy) is 2. The number of aromatic amines is 1. The number of benzene rings is 1. The highest BCUT2D eigenvalue weighted by Crippen LogP contribution is 2.27. The molecule has 1 heterocycles. The summed E-state index contributed by atoms with van der Waals surface area (Å²) < 4.78 is 10.5. The first kappa shape index (κ1) is 11.1. The largest absolute Gasteiger partial charge is 0.490 e. The molecule has 1 saturated carbocycles. The second-order valence-corrected chi connectivity index (χ2v) is 4.59. The molecular weight excluding hydrogens is 230 g/mol. The Bertz CT molecular complexity index is 584. The van der Waals surface area contributed by atoms with E-state index < -0.39 is 0 Å². The van der Waals surface area contributed by atoms with E-state index in [0.29, 0.717) is 11.8 Å². The van der Waals surface area contributed by atoms with Crippen molar-refractivity contribution in [1.82, 2.24) is 4.98 Å². The van der Waals surface area contributed by atoms with Crippen LogP contribution in [0.15, 0.2) is 24.3 Å². The minimum absolute atomic E-state index is 0.354. The molecule has 0 radical (unpaired) electrons. The van der Waals surface area contributed by atoms with Crippen LogP contribution in [0.2, 0.25) is 0 Å². The van der Waals surface area contributed by atoms with Crippen molar-refractivity contribution >= 4 is 16.9 Å². The average Bonchev–Trinajstić information content (AvgIpc) is 2.75. The van der Waals surface area contributed by atoms with Crippen LogP contribution in [0.5, 0.6) is 5.75 Å². The Morgan fingerprint density at radius 1 is 1.33 bits per heavy atom. The maximum Gasteiger partial charge on any atom is 0.354 e. The van der Waals surface area contributed by atoms with Gasteiger partial charge in [0.1, 0.15) is 11.4 Å². The van der Waals surface area contributed by atoms with Crippen molar-refractivity contribution in [1.29, 1.82) is 0 Å².